The second kappa shape index (κ2) is 8.73. The highest BCUT2D eigenvalue weighted by Crippen LogP contribution is 2.29. The number of carbonyl (C=O) groups excluding carboxylic acids is 1. The lowest BCUT2D eigenvalue weighted by Gasteiger charge is -2.27. The number of piperidine rings is 1. The summed E-state index contributed by atoms with van der Waals surface area (Å²) in [4.78, 5) is 14.6. The van der Waals surface area contributed by atoms with Gasteiger partial charge in [-0.1, -0.05) is 30.0 Å². The Morgan fingerprint density at radius 3 is 2.52 bits per heavy atom. The lowest BCUT2D eigenvalue weighted by molar-refractivity contribution is 0.101. The van der Waals surface area contributed by atoms with Crippen LogP contribution in [0.25, 0.3) is 5.69 Å². The molecule has 0 amide bonds. The first-order valence-corrected chi connectivity index (χ1v) is 10.5. The summed E-state index contributed by atoms with van der Waals surface area (Å²) in [6.07, 6.45) is 3.40. The van der Waals surface area contributed by atoms with Crippen molar-refractivity contribution in [1.29, 1.82) is 0 Å². The summed E-state index contributed by atoms with van der Waals surface area (Å²) < 4.78 is 29.2. The Kier molecular flexibility index (Phi) is 5.89. The zero-order valence-corrected chi connectivity index (χ0v) is 16.5. The second-order valence-electron chi connectivity index (χ2n) is 6.84. The molecule has 0 radical (unpaired) electrons. The molecule has 0 N–H and O–H groups in total. The fraction of sp³-hybridized carbons (Fsp3) is 0.286. The Morgan fingerprint density at radius 2 is 1.76 bits per heavy atom. The molecule has 1 aromatic heterocycles. The Labute approximate surface area is 171 Å². The number of aromatic nitrogens is 3. The first-order chi connectivity index (χ1) is 14.1. The van der Waals surface area contributed by atoms with Crippen molar-refractivity contribution in [2.45, 2.75) is 24.4 Å². The molecule has 0 bridgehead atoms. The Hall–Kier alpha value is -2.74. The number of benzene rings is 2. The largest absolute Gasteiger partial charge is 0.341 e. The van der Waals surface area contributed by atoms with E-state index in [1.807, 2.05) is 34.9 Å². The van der Waals surface area contributed by atoms with Crippen LogP contribution in [-0.2, 0) is 0 Å². The zero-order valence-electron chi connectivity index (χ0n) is 15.7. The van der Waals surface area contributed by atoms with E-state index in [1.165, 1.54) is 18.2 Å². The molecule has 1 fully saturated rings. The lowest BCUT2D eigenvalue weighted by Crippen LogP contribution is -2.31. The lowest BCUT2D eigenvalue weighted by atomic mass is 10.1. The summed E-state index contributed by atoms with van der Waals surface area (Å²) in [5.74, 6) is -1.18. The van der Waals surface area contributed by atoms with Gasteiger partial charge >= 0.3 is 0 Å². The number of para-hydroxylation sites is 1. The molecule has 2 heterocycles. The average Bonchev–Trinajstić information content (AvgIpc) is 3.19. The van der Waals surface area contributed by atoms with Crippen molar-refractivity contribution in [3.05, 3.63) is 65.7 Å². The van der Waals surface area contributed by atoms with Gasteiger partial charge < -0.3 is 4.90 Å². The standard InChI is InChI=1S/C21H20F2N4OS/c22-15-9-10-18(23)17(13-15)19(28)14-29-21-25-24-20(26-11-5-2-6-12-26)27(21)16-7-3-1-4-8-16/h1,3-4,7-10,13H,2,5-6,11-12,14H2. The van der Waals surface area contributed by atoms with Crippen molar-refractivity contribution in [3.8, 4) is 5.69 Å². The smallest absolute Gasteiger partial charge is 0.232 e. The van der Waals surface area contributed by atoms with Crippen molar-refractivity contribution in [1.82, 2.24) is 14.8 Å². The van der Waals surface area contributed by atoms with Crippen molar-refractivity contribution in [2.75, 3.05) is 23.7 Å². The van der Waals surface area contributed by atoms with E-state index in [2.05, 4.69) is 15.1 Å². The molecular formula is C21H20F2N4OS. The SMILES string of the molecule is O=C(CSc1nnc(N2CCCCC2)n1-c1ccccc1)c1cc(F)ccc1F. The van der Waals surface area contributed by atoms with Gasteiger partial charge in [-0.25, -0.2) is 8.78 Å². The maximum absolute atomic E-state index is 13.9. The Bertz CT molecular complexity index is 1000. The molecule has 0 spiro atoms. The van der Waals surface area contributed by atoms with Crippen LogP contribution >= 0.6 is 11.8 Å². The van der Waals surface area contributed by atoms with Crippen LogP contribution < -0.4 is 4.90 Å². The van der Waals surface area contributed by atoms with Gasteiger partial charge in [-0.05, 0) is 49.6 Å². The highest BCUT2D eigenvalue weighted by Gasteiger charge is 2.22. The molecule has 1 saturated heterocycles. The van der Waals surface area contributed by atoms with E-state index in [4.69, 9.17) is 0 Å². The van der Waals surface area contributed by atoms with Gasteiger partial charge in [0.15, 0.2) is 10.9 Å². The molecular weight excluding hydrogens is 394 g/mol. The molecule has 1 aliphatic heterocycles. The summed E-state index contributed by atoms with van der Waals surface area (Å²) in [6, 6.07) is 12.6. The van der Waals surface area contributed by atoms with E-state index >= 15 is 0 Å². The quantitative estimate of drug-likeness (QED) is 0.439. The van der Waals surface area contributed by atoms with Crippen molar-refractivity contribution >= 4 is 23.5 Å². The van der Waals surface area contributed by atoms with Gasteiger partial charge in [-0.2, -0.15) is 0 Å². The number of carbonyl (C=O) groups is 1. The van der Waals surface area contributed by atoms with Gasteiger partial charge in [0.1, 0.15) is 11.6 Å². The minimum absolute atomic E-state index is 0.0641. The second-order valence-corrected chi connectivity index (χ2v) is 7.78. The van der Waals surface area contributed by atoms with Crippen molar-refractivity contribution in [3.63, 3.8) is 0 Å². The molecule has 150 valence electrons. The monoisotopic (exact) mass is 414 g/mol. The van der Waals surface area contributed by atoms with Crippen LogP contribution in [-0.4, -0.2) is 39.4 Å². The predicted octanol–water partition coefficient (Wildman–Crippen LogP) is 4.51. The fourth-order valence-corrected chi connectivity index (χ4v) is 4.21. The molecule has 1 aliphatic rings. The molecule has 3 aromatic rings. The van der Waals surface area contributed by atoms with E-state index in [-0.39, 0.29) is 11.3 Å². The number of rotatable bonds is 6. The maximum atomic E-state index is 13.9. The van der Waals surface area contributed by atoms with Crippen molar-refractivity contribution in [2.24, 2.45) is 0 Å². The predicted molar refractivity (Wildman–Crippen MR) is 109 cm³/mol. The highest BCUT2D eigenvalue weighted by atomic mass is 32.2. The van der Waals surface area contributed by atoms with Crippen LogP contribution in [0, 0.1) is 11.6 Å². The summed E-state index contributed by atoms with van der Waals surface area (Å²) in [5.41, 5.74) is 0.643. The van der Waals surface area contributed by atoms with Crippen LogP contribution in [0.1, 0.15) is 29.6 Å². The number of ketones is 1. The number of hydrogen-bond donors (Lipinski definition) is 0. The van der Waals surface area contributed by atoms with Crippen LogP contribution in [0.2, 0.25) is 0 Å². The van der Waals surface area contributed by atoms with Crippen LogP contribution in [0.4, 0.5) is 14.7 Å². The molecule has 5 nitrogen and oxygen atoms in total. The van der Waals surface area contributed by atoms with Crippen LogP contribution in [0.15, 0.2) is 53.7 Å². The zero-order chi connectivity index (χ0) is 20.2. The fourth-order valence-electron chi connectivity index (χ4n) is 3.38. The Balaban J connectivity index is 1.61. The van der Waals surface area contributed by atoms with Gasteiger partial charge in [0.05, 0.1) is 17.0 Å². The number of nitrogens with zero attached hydrogens (tertiary/aromatic N) is 4. The van der Waals surface area contributed by atoms with Gasteiger partial charge in [0.2, 0.25) is 5.95 Å². The third-order valence-electron chi connectivity index (χ3n) is 4.83. The van der Waals surface area contributed by atoms with Crippen LogP contribution in [0.3, 0.4) is 0 Å². The molecule has 0 aliphatic carbocycles. The number of Topliss-reactive ketones (excluding diaryl/α,β-unsaturated/α-hetero) is 1. The molecule has 29 heavy (non-hydrogen) atoms. The van der Waals surface area contributed by atoms with Crippen molar-refractivity contribution < 1.29 is 13.6 Å². The molecule has 8 heteroatoms. The minimum atomic E-state index is -0.726. The number of hydrogen-bond acceptors (Lipinski definition) is 5. The first kappa shape index (κ1) is 19.6. The molecule has 0 saturated carbocycles. The van der Waals surface area contributed by atoms with E-state index in [0.717, 1.165) is 55.8 Å². The number of halogens is 2. The van der Waals surface area contributed by atoms with Gasteiger partial charge in [0.25, 0.3) is 0 Å². The molecule has 4 rings (SSSR count). The van der Waals surface area contributed by atoms with E-state index in [0.29, 0.717) is 5.16 Å². The van der Waals surface area contributed by atoms with E-state index < -0.39 is 17.4 Å². The summed E-state index contributed by atoms with van der Waals surface area (Å²) in [7, 11) is 0. The number of thioether (sulfide) groups is 1. The van der Waals surface area contributed by atoms with Crippen LogP contribution in [0.5, 0.6) is 0 Å². The molecule has 2 aromatic carbocycles. The first-order valence-electron chi connectivity index (χ1n) is 9.50. The normalized spacial score (nSPS) is 14.2. The molecule has 0 unspecified atom stereocenters. The third-order valence-corrected chi connectivity index (χ3v) is 5.76. The minimum Gasteiger partial charge on any atom is -0.341 e. The van der Waals surface area contributed by atoms with Gasteiger partial charge in [0, 0.05) is 13.1 Å². The topological polar surface area (TPSA) is 51.0 Å². The number of anilines is 1. The summed E-state index contributed by atoms with van der Waals surface area (Å²) in [5, 5.41) is 9.20. The van der Waals surface area contributed by atoms with E-state index in [1.54, 1.807) is 0 Å². The van der Waals surface area contributed by atoms with Gasteiger partial charge in [-0.3, -0.25) is 9.36 Å². The Morgan fingerprint density at radius 1 is 1.00 bits per heavy atom. The summed E-state index contributed by atoms with van der Waals surface area (Å²) in [6.45, 7) is 1.81. The average molecular weight is 414 g/mol. The summed E-state index contributed by atoms with van der Waals surface area (Å²) >= 11 is 1.17. The maximum Gasteiger partial charge on any atom is 0.232 e. The molecule has 0 atom stereocenters. The van der Waals surface area contributed by atoms with E-state index in [9.17, 15) is 13.6 Å². The third kappa shape index (κ3) is 4.32. The van der Waals surface area contributed by atoms with Gasteiger partial charge in [-0.15, -0.1) is 10.2 Å². The highest BCUT2D eigenvalue weighted by molar-refractivity contribution is 7.99.